The molecule has 0 amide bonds. The second kappa shape index (κ2) is 44.9. The maximum Gasteiger partial charge on any atom is 0.306 e. The summed E-state index contributed by atoms with van der Waals surface area (Å²) < 4.78 is 33.9. The van der Waals surface area contributed by atoms with E-state index in [1.165, 1.54) is 38.5 Å². The molecule has 0 aliphatic carbocycles. The van der Waals surface area contributed by atoms with Gasteiger partial charge in [0.25, 0.3) is 7.82 Å². The molecule has 0 N–H and O–H groups in total. The van der Waals surface area contributed by atoms with Gasteiger partial charge in [-0.3, -0.25) is 14.2 Å². The average Bonchev–Trinajstić information content (AvgIpc) is 3.25. The Balaban J connectivity index is 4.45. The van der Waals surface area contributed by atoms with Gasteiger partial charge in [-0.05, 0) is 89.9 Å². The monoisotopic (exact) mass is 912 g/mol. The Morgan fingerprint density at radius 3 is 1.39 bits per heavy atom. The van der Waals surface area contributed by atoms with Crippen molar-refractivity contribution in [2.75, 3.05) is 47.5 Å². The molecule has 0 bridgehead atoms. The Morgan fingerprint density at radius 1 is 0.500 bits per heavy atom. The van der Waals surface area contributed by atoms with Crippen LogP contribution in [0, 0.1) is 0 Å². The molecule has 0 saturated carbocycles. The number of quaternary nitrogens is 1. The van der Waals surface area contributed by atoms with Crippen LogP contribution in [0.2, 0.25) is 0 Å². The number of hydrogen-bond donors (Lipinski definition) is 0. The first-order chi connectivity index (χ1) is 31.0. The lowest BCUT2D eigenvalue weighted by molar-refractivity contribution is -0.870. The Morgan fingerprint density at radius 2 is 0.922 bits per heavy atom. The molecule has 2 unspecified atom stereocenters. The maximum atomic E-state index is 12.7. The van der Waals surface area contributed by atoms with Crippen LogP contribution in [0.3, 0.4) is 0 Å². The van der Waals surface area contributed by atoms with Crippen molar-refractivity contribution >= 4 is 19.8 Å². The minimum Gasteiger partial charge on any atom is -0.756 e. The van der Waals surface area contributed by atoms with Crippen molar-refractivity contribution in [1.29, 1.82) is 0 Å². The fourth-order valence-electron chi connectivity index (χ4n) is 5.98. The standard InChI is InChI=1S/C54H90NO8P/c1-6-8-10-12-14-16-18-20-22-24-26-27-29-30-32-34-36-38-40-42-44-46-53(56)60-50-52(51-62-64(58,59)61-49-48-55(3,4)5)63-54(57)47-45-43-41-39-37-35-33-31-28-25-23-21-19-17-15-13-11-9-7-2/h9,11,15,17-18,20-21,23-24,26,28-31,35,37,41,43,52H,6-8,10,12-14,16,19,22,25,27,32-34,36,38-40,42,44-51H2,1-5H3/b11-9-,17-15-,20-18-,23-21-,26-24-,30-29-,31-28-,37-35-,43-41-. The summed E-state index contributed by atoms with van der Waals surface area (Å²) in [7, 11) is 1.09. The predicted molar refractivity (Wildman–Crippen MR) is 268 cm³/mol. The van der Waals surface area contributed by atoms with Crippen molar-refractivity contribution in [3.63, 3.8) is 0 Å². The lowest BCUT2D eigenvalue weighted by atomic mass is 10.1. The van der Waals surface area contributed by atoms with Crippen LogP contribution in [0.25, 0.3) is 0 Å². The number of likely N-dealkylation sites (N-methyl/N-ethyl adjacent to an activating group) is 1. The van der Waals surface area contributed by atoms with Gasteiger partial charge in [-0.25, -0.2) is 0 Å². The first kappa shape index (κ1) is 60.7. The molecule has 0 radical (unpaired) electrons. The molecule has 0 heterocycles. The average molecular weight is 912 g/mol. The molecule has 0 fully saturated rings. The van der Waals surface area contributed by atoms with Crippen LogP contribution in [-0.4, -0.2) is 70.0 Å². The third kappa shape index (κ3) is 48.1. The third-order valence-electron chi connectivity index (χ3n) is 9.79. The van der Waals surface area contributed by atoms with Gasteiger partial charge in [0.05, 0.1) is 27.7 Å². The highest BCUT2D eigenvalue weighted by Crippen LogP contribution is 2.38. The smallest absolute Gasteiger partial charge is 0.306 e. The number of phosphoric acid groups is 1. The third-order valence-corrected chi connectivity index (χ3v) is 10.8. The quantitative estimate of drug-likeness (QED) is 0.0195. The second-order valence-electron chi connectivity index (χ2n) is 17.1. The minimum absolute atomic E-state index is 0.0532. The molecule has 9 nitrogen and oxygen atoms in total. The fourth-order valence-corrected chi connectivity index (χ4v) is 6.71. The molecule has 0 saturated heterocycles. The topological polar surface area (TPSA) is 111 Å². The van der Waals surface area contributed by atoms with E-state index in [0.29, 0.717) is 23.9 Å². The number of phosphoric ester groups is 1. The van der Waals surface area contributed by atoms with Crippen LogP contribution in [0.15, 0.2) is 109 Å². The first-order valence-electron chi connectivity index (χ1n) is 24.6. The molecule has 0 aromatic carbocycles. The Hall–Kier alpha value is -3.33. The van der Waals surface area contributed by atoms with Gasteiger partial charge in [-0.2, -0.15) is 0 Å². The van der Waals surface area contributed by atoms with E-state index in [-0.39, 0.29) is 26.1 Å². The number of hydrogen-bond acceptors (Lipinski definition) is 8. The van der Waals surface area contributed by atoms with Gasteiger partial charge in [0.2, 0.25) is 0 Å². The van der Waals surface area contributed by atoms with Crippen molar-refractivity contribution in [2.45, 2.75) is 174 Å². The van der Waals surface area contributed by atoms with E-state index in [9.17, 15) is 19.0 Å². The summed E-state index contributed by atoms with van der Waals surface area (Å²) in [5, 5.41) is 0. The van der Waals surface area contributed by atoms with E-state index in [0.717, 1.165) is 89.9 Å². The number of carbonyl (C=O) groups is 2. The molecular formula is C54H90NO8P. The molecule has 0 spiro atoms. The van der Waals surface area contributed by atoms with E-state index in [1.54, 1.807) is 0 Å². The number of unbranched alkanes of at least 4 members (excludes halogenated alkanes) is 11. The summed E-state index contributed by atoms with van der Waals surface area (Å²) >= 11 is 0. The van der Waals surface area contributed by atoms with Crippen LogP contribution in [0.5, 0.6) is 0 Å². The molecule has 0 rings (SSSR count). The number of rotatable bonds is 43. The highest BCUT2D eigenvalue weighted by molar-refractivity contribution is 7.45. The highest BCUT2D eigenvalue weighted by Gasteiger charge is 2.21. The minimum atomic E-state index is -4.66. The number of allylic oxidation sites excluding steroid dienone is 18. The molecule has 10 heteroatoms. The van der Waals surface area contributed by atoms with E-state index in [2.05, 4.69) is 111 Å². The van der Waals surface area contributed by atoms with E-state index >= 15 is 0 Å². The largest absolute Gasteiger partial charge is 0.756 e. The zero-order chi connectivity index (χ0) is 47.1. The Kier molecular flexibility index (Phi) is 42.5. The zero-order valence-corrected chi connectivity index (χ0v) is 41.8. The van der Waals surface area contributed by atoms with Crippen molar-refractivity contribution < 1.29 is 42.1 Å². The van der Waals surface area contributed by atoms with Crippen LogP contribution in [0.4, 0.5) is 0 Å². The van der Waals surface area contributed by atoms with E-state index in [4.69, 9.17) is 18.5 Å². The predicted octanol–water partition coefficient (Wildman–Crippen LogP) is 14.1. The highest BCUT2D eigenvalue weighted by atomic mass is 31.2. The summed E-state index contributed by atoms with van der Waals surface area (Å²) in [6, 6.07) is 0. The molecular weight excluding hydrogens is 822 g/mol. The molecule has 64 heavy (non-hydrogen) atoms. The SMILES string of the molecule is CC/C=C\C/C=C\C/C=C\C/C=C\C/C=C\C/C=C\CCC(=O)OC(COC(=O)CCCCCCCC/C=C\C/C=C\C/C=C\CCCCCCC)COP(=O)([O-])OCC[N+](C)(C)C. The fraction of sp³-hybridized carbons (Fsp3) is 0.630. The molecule has 0 aromatic heterocycles. The molecule has 0 aliphatic rings. The van der Waals surface area contributed by atoms with Crippen LogP contribution < -0.4 is 4.89 Å². The molecule has 0 aromatic rings. The zero-order valence-electron chi connectivity index (χ0n) is 40.9. The molecule has 364 valence electrons. The lowest BCUT2D eigenvalue weighted by Crippen LogP contribution is -2.37. The summed E-state index contributed by atoms with van der Waals surface area (Å²) in [5.41, 5.74) is 0. The number of esters is 2. The normalized spacial score (nSPS) is 14.4. The van der Waals surface area contributed by atoms with Gasteiger partial charge in [0, 0.05) is 12.8 Å². The van der Waals surface area contributed by atoms with Crippen molar-refractivity contribution in [3.05, 3.63) is 109 Å². The molecule has 2 atom stereocenters. The second-order valence-corrected chi connectivity index (χ2v) is 18.5. The van der Waals surface area contributed by atoms with Gasteiger partial charge in [-0.15, -0.1) is 0 Å². The summed E-state index contributed by atoms with van der Waals surface area (Å²) in [4.78, 5) is 37.6. The Labute approximate surface area is 391 Å². The van der Waals surface area contributed by atoms with E-state index in [1.807, 2.05) is 33.3 Å². The van der Waals surface area contributed by atoms with Crippen LogP contribution >= 0.6 is 7.82 Å². The van der Waals surface area contributed by atoms with Crippen molar-refractivity contribution in [2.24, 2.45) is 0 Å². The van der Waals surface area contributed by atoms with Crippen molar-refractivity contribution in [1.82, 2.24) is 0 Å². The van der Waals surface area contributed by atoms with Crippen LogP contribution in [0.1, 0.15) is 168 Å². The first-order valence-corrected chi connectivity index (χ1v) is 26.1. The summed E-state index contributed by atoms with van der Waals surface area (Å²) in [6.45, 7) is 3.98. The van der Waals surface area contributed by atoms with Gasteiger partial charge in [-0.1, -0.05) is 175 Å². The summed E-state index contributed by atoms with van der Waals surface area (Å²) in [6.07, 6.45) is 61.3. The van der Waals surface area contributed by atoms with E-state index < -0.39 is 32.5 Å². The Bertz CT molecular complexity index is 1450. The maximum absolute atomic E-state index is 12.7. The number of nitrogens with zero attached hydrogens (tertiary/aromatic N) is 1. The molecule has 0 aliphatic heterocycles. The lowest BCUT2D eigenvalue weighted by Gasteiger charge is -2.28. The van der Waals surface area contributed by atoms with Crippen LogP contribution in [-0.2, 0) is 32.7 Å². The van der Waals surface area contributed by atoms with Gasteiger partial charge < -0.3 is 27.9 Å². The number of carbonyl (C=O) groups excluding carboxylic acids is 2. The van der Waals surface area contributed by atoms with Gasteiger partial charge in [0.1, 0.15) is 19.8 Å². The van der Waals surface area contributed by atoms with Gasteiger partial charge >= 0.3 is 11.9 Å². The number of ether oxygens (including phenoxy) is 2. The summed E-state index contributed by atoms with van der Waals surface area (Å²) in [5.74, 6) is -0.957. The van der Waals surface area contributed by atoms with Crippen molar-refractivity contribution in [3.8, 4) is 0 Å². The van der Waals surface area contributed by atoms with Gasteiger partial charge in [0.15, 0.2) is 6.10 Å².